The Morgan fingerprint density at radius 2 is 2.00 bits per heavy atom. The quantitative estimate of drug-likeness (QED) is 0.695. The minimum Gasteiger partial charge on any atom is -0.496 e. The Morgan fingerprint density at radius 1 is 1.15 bits per heavy atom. The highest BCUT2D eigenvalue weighted by Crippen LogP contribution is 2.41. The van der Waals surface area contributed by atoms with Gasteiger partial charge in [0.1, 0.15) is 5.75 Å². The molecular weight excluding hydrogens is 320 g/mol. The molecule has 0 saturated carbocycles. The van der Waals surface area contributed by atoms with Crippen molar-refractivity contribution >= 4 is 10.9 Å². The minimum absolute atomic E-state index is 0.229. The summed E-state index contributed by atoms with van der Waals surface area (Å²) >= 11 is 0. The van der Waals surface area contributed by atoms with Crippen molar-refractivity contribution in [3.05, 3.63) is 64.8 Å². The number of H-pyrrole nitrogens is 1. The van der Waals surface area contributed by atoms with Crippen molar-refractivity contribution < 1.29 is 4.74 Å². The van der Waals surface area contributed by atoms with E-state index in [1.807, 2.05) is 0 Å². The molecule has 3 aromatic rings. The van der Waals surface area contributed by atoms with Gasteiger partial charge in [0.15, 0.2) is 0 Å². The maximum Gasteiger partial charge on any atom is 0.124 e. The molecule has 0 aliphatic carbocycles. The first-order valence-corrected chi connectivity index (χ1v) is 9.77. The Labute approximate surface area is 156 Å². The van der Waals surface area contributed by atoms with E-state index in [0.29, 0.717) is 0 Å². The molecule has 2 aromatic carbocycles. The number of nitrogens with zero attached hydrogens (tertiary/aromatic N) is 1. The molecule has 26 heavy (non-hydrogen) atoms. The Bertz CT molecular complexity index is 912. The highest BCUT2D eigenvalue weighted by atomic mass is 16.5. The maximum absolute atomic E-state index is 5.71. The molecule has 1 unspecified atom stereocenters. The first kappa shape index (κ1) is 17.2. The summed E-state index contributed by atoms with van der Waals surface area (Å²) in [5.74, 6) is 0.972. The van der Waals surface area contributed by atoms with Gasteiger partial charge < -0.3 is 9.72 Å². The van der Waals surface area contributed by atoms with Crippen LogP contribution in [0.15, 0.2) is 42.5 Å². The molecule has 2 heterocycles. The molecule has 3 nitrogen and oxygen atoms in total. The van der Waals surface area contributed by atoms with Crippen molar-refractivity contribution in [2.45, 2.75) is 39.2 Å². The number of benzene rings is 2. The lowest BCUT2D eigenvalue weighted by atomic mass is 9.91. The zero-order valence-electron chi connectivity index (χ0n) is 16.0. The van der Waals surface area contributed by atoms with Crippen LogP contribution in [0.5, 0.6) is 5.75 Å². The number of hydrogen-bond acceptors (Lipinski definition) is 2. The molecule has 136 valence electrons. The van der Waals surface area contributed by atoms with Crippen molar-refractivity contribution in [3.63, 3.8) is 0 Å². The van der Waals surface area contributed by atoms with Gasteiger partial charge in [-0.1, -0.05) is 38.1 Å². The summed E-state index contributed by atoms with van der Waals surface area (Å²) in [6.07, 6.45) is 3.34. The number of para-hydroxylation sites is 1. The molecule has 0 spiro atoms. The van der Waals surface area contributed by atoms with Gasteiger partial charge in [0, 0.05) is 28.7 Å². The molecule has 4 rings (SSSR count). The first-order chi connectivity index (χ1) is 12.8. The van der Waals surface area contributed by atoms with Crippen LogP contribution in [0.25, 0.3) is 10.9 Å². The number of aryl methyl sites for hydroxylation is 1. The molecule has 1 atom stereocenters. The fraction of sp³-hybridized carbons (Fsp3) is 0.391. The van der Waals surface area contributed by atoms with Gasteiger partial charge in [-0.05, 0) is 55.1 Å². The van der Waals surface area contributed by atoms with Gasteiger partial charge in [0.2, 0.25) is 0 Å². The SMILES string of the molecule is CCCN1CCc2c([nH]c3ccc(CC)cc23)C1c1ccccc1OC. The second kappa shape index (κ2) is 7.16. The molecule has 0 saturated heterocycles. The maximum atomic E-state index is 5.71. The Kier molecular flexibility index (Phi) is 4.73. The molecule has 1 aliphatic heterocycles. The van der Waals surface area contributed by atoms with E-state index >= 15 is 0 Å². The topological polar surface area (TPSA) is 28.3 Å². The largest absolute Gasteiger partial charge is 0.496 e. The van der Waals surface area contributed by atoms with Crippen molar-refractivity contribution in [1.82, 2.24) is 9.88 Å². The zero-order chi connectivity index (χ0) is 18.1. The summed E-state index contributed by atoms with van der Waals surface area (Å²) in [5.41, 5.74) is 6.75. The summed E-state index contributed by atoms with van der Waals surface area (Å²) in [6.45, 7) is 6.67. The predicted octanol–water partition coefficient (Wildman–Crippen LogP) is 5.10. The Morgan fingerprint density at radius 3 is 2.77 bits per heavy atom. The number of ether oxygens (including phenoxy) is 1. The lowest BCUT2D eigenvalue weighted by Crippen LogP contribution is -2.36. The minimum atomic E-state index is 0.229. The number of aromatic amines is 1. The molecule has 1 aliphatic rings. The van der Waals surface area contributed by atoms with Crippen LogP contribution in [0, 0.1) is 0 Å². The van der Waals surface area contributed by atoms with Crippen molar-refractivity contribution in [1.29, 1.82) is 0 Å². The number of fused-ring (bicyclic) bond motifs is 3. The average Bonchev–Trinajstić information content (AvgIpc) is 3.05. The van der Waals surface area contributed by atoms with Gasteiger partial charge in [0.05, 0.1) is 13.2 Å². The molecule has 0 amide bonds. The molecule has 3 heteroatoms. The standard InChI is InChI=1S/C23H28N2O/c1-4-13-25-14-12-17-19-15-16(5-2)10-11-20(19)24-22(17)23(25)18-8-6-7-9-21(18)26-3/h6-11,15,23-24H,4-5,12-14H2,1-3H3. The number of rotatable bonds is 5. The van der Waals surface area contributed by atoms with Gasteiger partial charge in [-0.3, -0.25) is 4.90 Å². The van der Waals surface area contributed by atoms with Crippen LogP contribution < -0.4 is 4.74 Å². The summed E-state index contributed by atoms with van der Waals surface area (Å²) in [4.78, 5) is 6.35. The normalized spacial score (nSPS) is 17.4. The van der Waals surface area contributed by atoms with Crippen LogP contribution >= 0.6 is 0 Å². The molecule has 0 bridgehead atoms. The van der Waals surface area contributed by atoms with E-state index in [2.05, 4.69) is 66.2 Å². The van der Waals surface area contributed by atoms with Crippen molar-refractivity contribution in [2.75, 3.05) is 20.2 Å². The highest BCUT2D eigenvalue weighted by molar-refractivity contribution is 5.86. The molecule has 1 aromatic heterocycles. The Hall–Kier alpha value is -2.26. The van der Waals surface area contributed by atoms with Gasteiger partial charge in [-0.15, -0.1) is 0 Å². The molecule has 0 radical (unpaired) electrons. The van der Waals surface area contributed by atoms with Crippen LogP contribution in [0.4, 0.5) is 0 Å². The van der Waals surface area contributed by atoms with Crippen LogP contribution in [-0.2, 0) is 12.8 Å². The first-order valence-electron chi connectivity index (χ1n) is 9.77. The summed E-state index contributed by atoms with van der Waals surface area (Å²) in [5, 5.41) is 1.40. The second-order valence-corrected chi connectivity index (χ2v) is 7.18. The van der Waals surface area contributed by atoms with Crippen molar-refractivity contribution in [3.8, 4) is 5.75 Å². The lowest BCUT2D eigenvalue weighted by molar-refractivity contribution is 0.207. The van der Waals surface area contributed by atoms with E-state index in [-0.39, 0.29) is 6.04 Å². The van der Waals surface area contributed by atoms with E-state index in [1.54, 1.807) is 7.11 Å². The fourth-order valence-electron chi connectivity index (χ4n) is 4.38. The molecule has 1 N–H and O–H groups in total. The van der Waals surface area contributed by atoms with E-state index in [0.717, 1.165) is 38.1 Å². The van der Waals surface area contributed by atoms with Crippen LogP contribution in [0.2, 0.25) is 0 Å². The second-order valence-electron chi connectivity index (χ2n) is 7.18. The predicted molar refractivity (Wildman–Crippen MR) is 108 cm³/mol. The zero-order valence-corrected chi connectivity index (χ0v) is 16.0. The van der Waals surface area contributed by atoms with Crippen LogP contribution in [0.3, 0.4) is 0 Å². The number of methoxy groups -OCH3 is 1. The van der Waals surface area contributed by atoms with Gasteiger partial charge in [-0.2, -0.15) is 0 Å². The lowest BCUT2D eigenvalue weighted by Gasteiger charge is -2.36. The van der Waals surface area contributed by atoms with Gasteiger partial charge in [-0.25, -0.2) is 0 Å². The fourth-order valence-corrected chi connectivity index (χ4v) is 4.38. The Balaban J connectivity index is 1.90. The smallest absolute Gasteiger partial charge is 0.124 e. The monoisotopic (exact) mass is 348 g/mol. The van der Waals surface area contributed by atoms with Crippen LogP contribution in [0.1, 0.15) is 48.7 Å². The third-order valence-electron chi connectivity index (χ3n) is 5.64. The third kappa shape index (κ3) is 2.80. The summed E-state index contributed by atoms with van der Waals surface area (Å²) < 4.78 is 5.71. The highest BCUT2D eigenvalue weighted by Gasteiger charge is 2.32. The molecular formula is C23H28N2O. The van der Waals surface area contributed by atoms with Crippen LogP contribution in [-0.4, -0.2) is 30.1 Å². The summed E-state index contributed by atoms with van der Waals surface area (Å²) in [7, 11) is 1.77. The van der Waals surface area contributed by atoms with Gasteiger partial charge >= 0.3 is 0 Å². The van der Waals surface area contributed by atoms with E-state index in [1.165, 1.54) is 33.3 Å². The van der Waals surface area contributed by atoms with E-state index in [4.69, 9.17) is 4.74 Å². The number of aromatic nitrogens is 1. The third-order valence-corrected chi connectivity index (χ3v) is 5.64. The summed E-state index contributed by atoms with van der Waals surface area (Å²) in [6, 6.07) is 15.5. The molecule has 0 fully saturated rings. The number of nitrogens with one attached hydrogen (secondary N) is 1. The van der Waals surface area contributed by atoms with E-state index < -0.39 is 0 Å². The average molecular weight is 348 g/mol. The number of hydrogen-bond donors (Lipinski definition) is 1. The van der Waals surface area contributed by atoms with E-state index in [9.17, 15) is 0 Å². The van der Waals surface area contributed by atoms with Crippen molar-refractivity contribution in [2.24, 2.45) is 0 Å². The van der Waals surface area contributed by atoms with Gasteiger partial charge in [0.25, 0.3) is 0 Å².